The van der Waals surface area contributed by atoms with Crippen LogP contribution in [0.5, 0.6) is 11.5 Å². The van der Waals surface area contributed by atoms with E-state index < -0.39 is 15.9 Å². The maximum Gasteiger partial charge on any atom is 0.224 e. The second-order valence-corrected chi connectivity index (χ2v) is 10.6. The Morgan fingerprint density at radius 3 is 2.75 bits per heavy atom. The lowest BCUT2D eigenvalue weighted by molar-refractivity contribution is -0.126. The summed E-state index contributed by atoms with van der Waals surface area (Å²) in [5, 5.41) is 3.53. The van der Waals surface area contributed by atoms with E-state index in [2.05, 4.69) is 5.32 Å². The third kappa shape index (κ3) is 5.36. The summed E-state index contributed by atoms with van der Waals surface area (Å²) in [6, 6.07) is 12.2. The van der Waals surface area contributed by atoms with E-state index in [9.17, 15) is 13.2 Å². The second-order valence-electron chi connectivity index (χ2n) is 8.22. The molecule has 0 radical (unpaired) electrons. The van der Waals surface area contributed by atoms with Crippen molar-refractivity contribution in [1.29, 1.82) is 0 Å². The minimum Gasteiger partial charge on any atom is -0.486 e. The Kier molecular flexibility index (Phi) is 6.93. The molecule has 1 N–H and O–H groups in total. The van der Waals surface area contributed by atoms with Gasteiger partial charge in [-0.2, -0.15) is 0 Å². The largest absolute Gasteiger partial charge is 0.486 e. The van der Waals surface area contributed by atoms with Gasteiger partial charge in [0.1, 0.15) is 13.2 Å². The maximum absolute atomic E-state index is 12.9. The molecule has 0 aromatic heterocycles. The zero-order chi connectivity index (χ0) is 22.7. The second kappa shape index (κ2) is 9.68. The molecular formula is C23H27ClN2O5S. The van der Waals surface area contributed by atoms with Crippen molar-refractivity contribution in [2.45, 2.75) is 31.6 Å². The number of carbonyl (C=O) groups is 1. The van der Waals surface area contributed by atoms with E-state index in [1.807, 2.05) is 25.1 Å². The smallest absolute Gasteiger partial charge is 0.224 e. The van der Waals surface area contributed by atoms with E-state index in [0.717, 1.165) is 5.56 Å². The molecule has 2 atom stereocenters. The van der Waals surface area contributed by atoms with E-state index >= 15 is 0 Å². The molecule has 1 amide bonds. The Morgan fingerprint density at radius 2 is 1.97 bits per heavy atom. The first-order chi connectivity index (χ1) is 15.3. The lowest BCUT2D eigenvalue weighted by Crippen LogP contribution is -2.46. The molecule has 0 saturated carbocycles. The molecule has 172 valence electrons. The fourth-order valence-corrected chi connectivity index (χ4v) is 5.89. The molecule has 2 heterocycles. The van der Waals surface area contributed by atoms with Crippen LogP contribution >= 0.6 is 11.6 Å². The predicted molar refractivity (Wildman–Crippen MR) is 122 cm³/mol. The van der Waals surface area contributed by atoms with Gasteiger partial charge in [0.25, 0.3) is 0 Å². The highest BCUT2D eigenvalue weighted by Gasteiger charge is 2.33. The van der Waals surface area contributed by atoms with Gasteiger partial charge >= 0.3 is 0 Å². The number of piperidine rings is 1. The Morgan fingerprint density at radius 1 is 1.19 bits per heavy atom. The van der Waals surface area contributed by atoms with Crippen LogP contribution in [0.2, 0.25) is 5.02 Å². The van der Waals surface area contributed by atoms with Gasteiger partial charge in [-0.1, -0.05) is 29.8 Å². The van der Waals surface area contributed by atoms with Crippen molar-refractivity contribution in [2.75, 3.05) is 26.3 Å². The number of rotatable bonds is 6. The van der Waals surface area contributed by atoms with Gasteiger partial charge in [0, 0.05) is 18.1 Å². The number of amides is 1. The number of nitrogens with one attached hydrogen (secondary N) is 1. The zero-order valence-electron chi connectivity index (χ0n) is 17.9. The number of nitrogens with zero attached hydrogens (tertiary/aromatic N) is 1. The summed E-state index contributed by atoms with van der Waals surface area (Å²) in [6.45, 7) is 3.53. The van der Waals surface area contributed by atoms with Gasteiger partial charge in [-0.25, -0.2) is 12.7 Å². The SMILES string of the molecule is C[C@H](NC(=O)[C@@H]1CCCN(S(=O)(=O)Cc2cccc(Cl)c2)C1)c1ccc2c(c1)OCCO2. The Balaban J connectivity index is 1.38. The predicted octanol–water partition coefficient (Wildman–Crippen LogP) is 3.53. The molecule has 2 aromatic carbocycles. The van der Waals surface area contributed by atoms with E-state index in [1.165, 1.54) is 4.31 Å². The third-order valence-corrected chi connectivity index (χ3v) is 7.86. The summed E-state index contributed by atoms with van der Waals surface area (Å²) in [7, 11) is -3.55. The van der Waals surface area contributed by atoms with E-state index in [0.29, 0.717) is 54.7 Å². The molecule has 0 spiro atoms. The molecule has 0 aliphatic carbocycles. The molecule has 1 fully saturated rings. The van der Waals surface area contributed by atoms with E-state index in [4.69, 9.17) is 21.1 Å². The minimum atomic E-state index is -3.55. The molecule has 1 saturated heterocycles. The van der Waals surface area contributed by atoms with Crippen molar-refractivity contribution in [3.8, 4) is 11.5 Å². The Hall–Kier alpha value is -2.29. The summed E-state index contributed by atoms with van der Waals surface area (Å²) >= 11 is 5.99. The summed E-state index contributed by atoms with van der Waals surface area (Å²) in [5.41, 5.74) is 1.54. The fourth-order valence-electron chi connectivity index (χ4n) is 4.08. The molecule has 0 unspecified atom stereocenters. The summed E-state index contributed by atoms with van der Waals surface area (Å²) in [4.78, 5) is 12.9. The topological polar surface area (TPSA) is 84.9 Å². The zero-order valence-corrected chi connectivity index (χ0v) is 19.5. The summed E-state index contributed by atoms with van der Waals surface area (Å²) in [5.74, 6) is 0.708. The summed E-state index contributed by atoms with van der Waals surface area (Å²) < 4.78 is 38.5. The van der Waals surface area contributed by atoms with Crippen LogP contribution < -0.4 is 14.8 Å². The van der Waals surface area contributed by atoms with Crippen molar-refractivity contribution in [3.63, 3.8) is 0 Å². The average Bonchev–Trinajstić information content (AvgIpc) is 2.78. The maximum atomic E-state index is 12.9. The molecule has 2 aliphatic heterocycles. The molecule has 4 rings (SSSR count). The van der Waals surface area contributed by atoms with Gasteiger partial charge in [-0.15, -0.1) is 0 Å². The number of fused-ring (bicyclic) bond motifs is 1. The van der Waals surface area contributed by atoms with Crippen molar-refractivity contribution in [2.24, 2.45) is 5.92 Å². The monoisotopic (exact) mass is 478 g/mol. The molecule has 0 bridgehead atoms. The third-order valence-electron chi connectivity index (χ3n) is 5.81. The van der Waals surface area contributed by atoms with Gasteiger partial charge in [0.05, 0.1) is 17.7 Å². The average molecular weight is 479 g/mol. The number of ether oxygens (including phenoxy) is 2. The number of benzene rings is 2. The number of halogens is 1. The van der Waals surface area contributed by atoms with E-state index in [1.54, 1.807) is 24.3 Å². The Labute approximate surface area is 193 Å². The summed E-state index contributed by atoms with van der Waals surface area (Å²) in [6.07, 6.45) is 1.30. The van der Waals surface area contributed by atoms with Crippen molar-refractivity contribution >= 4 is 27.5 Å². The first-order valence-corrected chi connectivity index (χ1v) is 12.7. The van der Waals surface area contributed by atoms with Crippen LogP contribution in [0.4, 0.5) is 0 Å². The normalized spacial score (nSPS) is 19.9. The number of hydrogen-bond acceptors (Lipinski definition) is 5. The van der Waals surface area contributed by atoms with Gasteiger partial charge in [0.15, 0.2) is 11.5 Å². The van der Waals surface area contributed by atoms with Crippen LogP contribution in [0.3, 0.4) is 0 Å². The van der Waals surface area contributed by atoms with Crippen LogP contribution in [0.1, 0.15) is 36.9 Å². The molecule has 2 aromatic rings. The van der Waals surface area contributed by atoms with Crippen LogP contribution in [0.15, 0.2) is 42.5 Å². The highest BCUT2D eigenvalue weighted by Crippen LogP contribution is 2.33. The number of sulfonamides is 1. The fraction of sp³-hybridized carbons (Fsp3) is 0.435. The Bertz CT molecular complexity index is 1090. The number of hydrogen-bond donors (Lipinski definition) is 1. The van der Waals surface area contributed by atoms with Crippen molar-refractivity contribution < 1.29 is 22.7 Å². The van der Waals surface area contributed by atoms with Gasteiger partial charge in [-0.05, 0) is 55.2 Å². The van der Waals surface area contributed by atoms with E-state index in [-0.39, 0.29) is 24.2 Å². The lowest BCUT2D eigenvalue weighted by atomic mass is 9.97. The lowest BCUT2D eigenvalue weighted by Gasteiger charge is -2.32. The highest BCUT2D eigenvalue weighted by molar-refractivity contribution is 7.88. The molecule has 9 heteroatoms. The van der Waals surface area contributed by atoms with Gasteiger partial charge in [-0.3, -0.25) is 4.79 Å². The van der Waals surface area contributed by atoms with Gasteiger partial charge in [0.2, 0.25) is 15.9 Å². The molecule has 7 nitrogen and oxygen atoms in total. The van der Waals surface area contributed by atoms with Crippen LogP contribution in [0.25, 0.3) is 0 Å². The van der Waals surface area contributed by atoms with Crippen LogP contribution in [-0.2, 0) is 20.6 Å². The van der Waals surface area contributed by atoms with Gasteiger partial charge < -0.3 is 14.8 Å². The quantitative estimate of drug-likeness (QED) is 0.686. The van der Waals surface area contributed by atoms with Crippen LogP contribution in [-0.4, -0.2) is 44.9 Å². The highest BCUT2D eigenvalue weighted by atomic mass is 35.5. The standard InChI is InChI=1S/C23H27ClN2O5S/c1-16(18-7-8-21-22(13-18)31-11-10-30-21)25-23(27)19-5-3-9-26(14-19)32(28,29)15-17-4-2-6-20(24)12-17/h2,4,6-8,12-13,16,19H,3,5,9-11,14-15H2,1H3,(H,25,27)/t16-,19+/m0/s1. The molecule has 32 heavy (non-hydrogen) atoms. The first-order valence-electron chi connectivity index (χ1n) is 10.7. The van der Waals surface area contributed by atoms with Crippen LogP contribution in [0, 0.1) is 5.92 Å². The van der Waals surface area contributed by atoms with Crippen molar-refractivity contribution in [1.82, 2.24) is 9.62 Å². The number of carbonyl (C=O) groups excluding carboxylic acids is 1. The molecular weight excluding hydrogens is 452 g/mol. The first kappa shape index (κ1) is 22.9. The molecule has 2 aliphatic rings. The minimum absolute atomic E-state index is 0.129. The van der Waals surface area contributed by atoms with Crippen molar-refractivity contribution in [3.05, 3.63) is 58.6 Å².